The van der Waals surface area contributed by atoms with E-state index in [0.29, 0.717) is 31.0 Å². The average molecular weight is 517 g/mol. The molecule has 2 N–H and O–H groups in total. The SMILES string of the molecule is CCCOc1cccc(C(=O)NC(=S)Nc2ccc(N3CCN(C(=O)c4ccccc4C)CC3)cc2)c1. The van der Waals surface area contributed by atoms with E-state index in [-0.39, 0.29) is 16.9 Å². The minimum atomic E-state index is -0.297. The van der Waals surface area contributed by atoms with Crippen molar-refractivity contribution < 1.29 is 14.3 Å². The van der Waals surface area contributed by atoms with Gasteiger partial charge in [0.05, 0.1) is 6.61 Å². The minimum absolute atomic E-state index is 0.0908. The molecule has 7 nitrogen and oxygen atoms in total. The highest BCUT2D eigenvalue weighted by Crippen LogP contribution is 2.21. The second-order valence-electron chi connectivity index (χ2n) is 8.93. The van der Waals surface area contributed by atoms with Gasteiger partial charge in [-0.15, -0.1) is 0 Å². The number of hydrogen-bond acceptors (Lipinski definition) is 5. The predicted octanol–water partition coefficient (Wildman–Crippen LogP) is 4.87. The summed E-state index contributed by atoms with van der Waals surface area (Å²) in [4.78, 5) is 29.7. The summed E-state index contributed by atoms with van der Waals surface area (Å²) in [5, 5.41) is 6.00. The molecule has 8 heteroatoms. The molecule has 0 radical (unpaired) electrons. The molecule has 0 aliphatic carbocycles. The van der Waals surface area contributed by atoms with Crippen LogP contribution in [0.4, 0.5) is 11.4 Å². The van der Waals surface area contributed by atoms with Gasteiger partial charge in [0.25, 0.3) is 11.8 Å². The van der Waals surface area contributed by atoms with Crippen LogP contribution in [-0.4, -0.2) is 54.6 Å². The van der Waals surface area contributed by atoms with Gasteiger partial charge in [-0.1, -0.05) is 31.2 Å². The molecule has 0 spiro atoms. The van der Waals surface area contributed by atoms with Crippen molar-refractivity contribution in [1.29, 1.82) is 0 Å². The van der Waals surface area contributed by atoms with Gasteiger partial charge in [0.15, 0.2) is 5.11 Å². The summed E-state index contributed by atoms with van der Waals surface area (Å²) < 4.78 is 5.60. The number of benzene rings is 3. The molecule has 1 aliphatic heterocycles. The number of piperazine rings is 1. The summed E-state index contributed by atoms with van der Waals surface area (Å²) in [6, 6.07) is 22.6. The number of carbonyl (C=O) groups excluding carboxylic acids is 2. The number of hydrogen-bond donors (Lipinski definition) is 2. The van der Waals surface area contributed by atoms with E-state index < -0.39 is 0 Å². The Hall–Kier alpha value is -3.91. The van der Waals surface area contributed by atoms with Crippen molar-refractivity contribution >= 4 is 40.5 Å². The third-order valence-corrected chi connectivity index (χ3v) is 6.43. The Morgan fingerprint density at radius 2 is 1.68 bits per heavy atom. The van der Waals surface area contributed by atoms with E-state index in [1.165, 1.54) is 0 Å². The molecule has 0 atom stereocenters. The number of thiocarbonyl (C=S) groups is 1. The second kappa shape index (κ2) is 12.4. The number of rotatable bonds is 7. The molecule has 2 amide bonds. The Kier molecular flexibility index (Phi) is 8.74. The molecule has 37 heavy (non-hydrogen) atoms. The Morgan fingerprint density at radius 3 is 2.38 bits per heavy atom. The third kappa shape index (κ3) is 6.86. The second-order valence-corrected chi connectivity index (χ2v) is 9.33. The van der Waals surface area contributed by atoms with Crippen LogP contribution < -0.4 is 20.3 Å². The lowest BCUT2D eigenvalue weighted by atomic mass is 10.1. The van der Waals surface area contributed by atoms with Gasteiger partial charge < -0.3 is 19.9 Å². The van der Waals surface area contributed by atoms with Gasteiger partial charge in [-0.25, -0.2) is 0 Å². The molecule has 0 aromatic heterocycles. The quantitative estimate of drug-likeness (QED) is 0.437. The van der Waals surface area contributed by atoms with Gasteiger partial charge in [0.1, 0.15) is 5.75 Å². The predicted molar refractivity (Wildman–Crippen MR) is 152 cm³/mol. The molecule has 1 heterocycles. The lowest BCUT2D eigenvalue weighted by Crippen LogP contribution is -2.48. The van der Waals surface area contributed by atoms with E-state index in [9.17, 15) is 9.59 Å². The zero-order chi connectivity index (χ0) is 26.2. The number of carbonyl (C=O) groups is 2. The van der Waals surface area contributed by atoms with Crippen LogP contribution >= 0.6 is 12.2 Å². The maximum atomic E-state index is 12.9. The summed E-state index contributed by atoms with van der Waals surface area (Å²) in [6.07, 6.45) is 0.896. The van der Waals surface area contributed by atoms with Crippen LogP contribution in [0.15, 0.2) is 72.8 Å². The molecule has 0 unspecified atom stereocenters. The normalized spacial score (nSPS) is 13.1. The topological polar surface area (TPSA) is 73.9 Å². The van der Waals surface area contributed by atoms with Gasteiger partial charge in [-0.05, 0) is 79.7 Å². The van der Waals surface area contributed by atoms with Crippen LogP contribution in [0.3, 0.4) is 0 Å². The standard InChI is InChI=1S/C29H32N4O3S/c1-3-19-36-25-9-6-8-22(20-25)27(34)31-29(37)30-23-11-13-24(14-12-23)32-15-17-33(18-16-32)28(35)26-10-5-4-7-21(26)2/h4-14,20H,3,15-19H2,1-2H3,(H2,30,31,34,37). The Labute approximate surface area is 223 Å². The van der Waals surface area contributed by atoms with Gasteiger partial charge in [0, 0.05) is 48.7 Å². The van der Waals surface area contributed by atoms with E-state index in [4.69, 9.17) is 17.0 Å². The van der Waals surface area contributed by atoms with Crippen LogP contribution in [-0.2, 0) is 0 Å². The number of anilines is 2. The summed E-state index contributed by atoms with van der Waals surface area (Å²) >= 11 is 5.34. The van der Waals surface area contributed by atoms with E-state index in [0.717, 1.165) is 42.0 Å². The Morgan fingerprint density at radius 1 is 0.946 bits per heavy atom. The highest BCUT2D eigenvalue weighted by atomic mass is 32.1. The van der Waals surface area contributed by atoms with E-state index in [1.54, 1.807) is 18.2 Å². The highest BCUT2D eigenvalue weighted by molar-refractivity contribution is 7.80. The summed E-state index contributed by atoms with van der Waals surface area (Å²) in [7, 11) is 0. The van der Waals surface area contributed by atoms with Crippen molar-refractivity contribution in [3.05, 3.63) is 89.5 Å². The van der Waals surface area contributed by atoms with E-state index in [2.05, 4.69) is 15.5 Å². The van der Waals surface area contributed by atoms with Gasteiger partial charge in [-0.3, -0.25) is 14.9 Å². The van der Waals surface area contributed by atoms with Crippen molar-refractivity contribution in [2.24, 2.45) is 0 Å². The van der Waals surface area contributed by atoms with Gasteiger partial charge in [0.2, 0.25) is 0 Å². The van der Waals surface area contributed by atoms with Crippen LogP contribution in [0.1, 0.15) is 39.6 Å². The van der Waals surface area contributed by atoms with Crippen molar-refractivity contribution in [3.63, 3.8) is 0 Å². The van der Waals surface area contributed by atoms with Crippen LogP contribution in [0, 0.1) is 6.92 Å². The number of nitrogens with zero attached hydrogens (tertiary/aromatic N) is 2. The number of ether oxygens (including phenoxy) is 1. The summed E-state index contributed by atoms with van der Waals surface area (Å²) in [5.74, 6) is 0.451. The molecule has 4 rings (SSSR count). The monoisotopic (exact) mass is 516 g/mol. The molecule has 0 saturated carbocycles. The van der Waals surface area contributed by atoms with E-state index in [1.807, 2.05) is 73.3 Å². The van der Waals surface area contributed by atoms with Crippen molar-refractivity contribution in [2.75, 3.05) is 43.0 Å². The molecule has 3 aromatic rings. The zero-order valence-corrected chi connectivity index (χ0v) is 22.0. The first-order valence-electron chi connectivity index (χ1n) is 12.5. The Balaban J connectivity index is 1.27. The number of amides is 2. The number of nitrogens with one attached hydrogen (secondary N) is 2. The lowest BCUT2D eigenvalue weighted by molar-refractivity contribution is 0.0746. The van der Waals surface area contributed by atoms with Crippen LogP contribution in [0.2, 0.25) is 0 Å². The lowest BCUT2D eigenvalue weighted by Gasteiger charge is -2.36. The largest absolute Gasteiger partial charge is 0.494 e. The van der Waals surface area contributed by atoms with Gasteiger partial charge >= 0.3 is 0 Å². The summed E-state index contributed by atoms with van der Waals surface area (Å²) in [5.41, 5.74) is 4.11. The Bertz CT molecular complexity index is 1250. The maximum Gasteiger partial charge on any atom is 0.257 e. The molecular weight excluding hydrogens is 484 g/mol. The number of aryl methyl sites for hydroxylation is 1. The maximum absolute atomic E-state index is 12.9. The fraction of sp³-hybridized carbons (Fsp3) is 0.276. The minimum Gasteiger partial charge on any atom is -0.494 e. The first-order valence-corrected chi connectivity index (χ1v) is 12.9. The molecule has 192 valence electrons. The molecule has 1 fully saturated rings. The highest BCUT2D eigenvalue weighted by Gasteiger charge is 2.23. The first kappa shape index (κ1) is 26.2. The molecule has 0 bridgehead atoms. The summed E-state index contributed by atoms with van der Waals surface area (Å²) in [6.45, 7) is 7.48. The molecule has 3 aromatic carbocycles. The molecule has 1 saturated heterocycles. The molecule has 1 aliphatic rings. The smallest absolute Gasteiger partial charge is 0.257 e. The van der Waals surface area contributed by atoms with Crippen molar-refractivity contribution in [2.45, 2.75) is 20.3 Å². The fourth-order valence-electron chi connectivity index (χ4n) is 4.19. The van der Waals surface area contributed by atoms with Crippen molar-refractivity contribution in [1.82, 2.24) is 10.2 Å². The average Bonchev–Trinajstić information content (AvgIpc) is 2.92. The van der Waals surface area contributed by atoms with Crippen molar-refractivity contribution in [3.8, 4) is 5.75 Å². The fourth-order valence-corrected chi connectivity index (χ4v) is 4.40. The van der Waals surface area contributed by atoms with E-state index >= 15 is 0 Å². The van der Waals surface area contributed by atoms with Crippen LogP contribution in [0.25, 0.3) is 0 Å². The third-order valence-electron chi connectivity index (χ3n) is 6.23. The van der Waals surface area contributed by atoms with Crippen LogP contribution in [0.5, 0.6) is 5.75 Å². The van der Waals surface area contributed by atoms with Gasteiger partial charge in [-0.2, -0.15) is 0 Å². The zero-order valence-electron chi connectivity index (χ0n) is 21.2. The first-order chi connectivity index (χ1) is 17.9. The molecular formula is C29H32N4O3S.